The van der Waals surface area contributed by atoms with Crippen LogP contribution in [0.15, 0.2) is 30.5 Å². The number of halogens is 1. The van der Waals surface area contributed by atoms with Gasteiger partial charge in [0.1, 0.15) is 11.4 Å². The summed E-state index contributed by atoms with van der Waals surface area (Å²) in [7, 11) is 0. The summed E-state index contributed by atoms with van der Waals surface area (Å²) in [5.41, 5.74) is 3.11. The van der Waals surface area contributed by atoms with Crippen LogP contribution in [0.4, 0.5) is 4.39 Å². The smallest absolute Gasteiger partial charge is 0.218 e. The van der Waals surface area contributed by atoms with Gasteiger partial charge in [-0.25, -0.2) is 9.37 Å². The lowest BCUT2D eigenvalue weighted by Gasteiger charge is -2.47. The Hall–Kier alpha value is -2.95. The van der Waals surface area contributed by atoms with Gasteiger partial charge in [0.2, 0.25) is 11.8 Å². The zero-order valence-corrected chi connectivity index (χ0v) is 22.2. The molecule has 4 rings (SSSR count). The van der Waals surface area contributed by atoms with Gasteiger partial charge in [-0.05, 0) is 72.9 Å². The fraction of sp³-hybridized carbons (Fsp3) is 0.533. The number of amides is 1. The molecule has 198 valence electrons. The van der Waals surface area contributed by atoms with E-state index in [2.05, 4.69) is 48.4 Å². The van der Waals surface area contributed by atoms with Crippen LogP contribution in [-0.4, -0.2) is 40.3 Å². The van der Waals surface area contributed by atoms with Crippen molar-refractivity contribution in [1.82, 2.24) is 15.6 Å². The van der Waals surface area contributed by atoms with Crippen molar-refractivity contribution in [3.63, 3.8) is 0 Å². The zero-order valence-electron chi connectivity index (χ0n) is 22.2. The maximum atomic E-state index is 14.0. The number of fused-ring (bicyclic) bond motifs is 1. The van der Waals surface area contributed by atoms with Gasteiger partial charge >= 0.3 is 0 Å². The third kappa shape index (κ3) is 6.88. The summed E-state index contributed by atoms with van der Waals surface area (Å²) in [4.78, 5) is 16.6. The summed E-state index contributed by atoms with van der Waals surface area (Å²) >= 11 is 0. The summed E-state index contributed by atoms with van der Waals surface area (Å²) in [6.45, 7) is 8.25. The second kappa shape index (κ2) is 10.8. The SMILES string of the molecule is C#Cc1cc(F)cc(CC(NC(C)=O)[C@H](O)CN[C@H]2CC3(CCC3)Oc3ncc(CC(C)(C)C)cc32)c1. The lowest BCUT2D eigenvalue weighted by Crippen LogP contribution is -2.52. The Morgan fingerprint density at radius 2 is 2.05 bits per heavy atom. The van der Waals surface area contributed by atoms with Crippen LogP contribution in [0.5, 0.6) is 5.88 Å². The Morgan fingerprint density at radius 3 is 2.68 bits per heavy atom. The Morgan fingerprint density at radius 1 is 1.30 bits per heavy atom. The summed E-state index contributed by atoms with van der Waals surface area (Å²) in [6.07, 6.45) is 11.5. The van der Waals surface area contributed by atoms with Crippen molar-refractivity contribution in [3.8, 4) is 18.2 Å². The Bertz CT molecular complexity index is 1180. The predicted octanol–water partition coefficient (Wildman–Crippen LogP) is 4.23. The molecule has 2 heterocycles. The summed E-state index contributed by atoms with van der Waals surface area (Å²) in [5.74, 6) is 2.40. The lowest BCUT2D eigenvalue weighted by molar-refractivity contribution is -0.120. The molecule has 0 radical (unpaired) electrons. The van der Waals surface area contributed by atoms with Gasteiger partial charge < -0.3 is 20.5 Å². The molecule has 3 N–H and O–H groups in total. The number of pyridine rings is 1. The Labute approximate surface area is 219 Å². The number of terminal acetylenes is 1. The predicted molar refractivity (Wildman–Crippen MR) is 142 cm³/mol. The largest absolute Gasteiger partial charge is 0.471 e. The van der Waals surface area contributed by atoms with Crippen LogP contribution in [0, 0.1) is 23.6 Å². The number of hydrogen-bond donors (Lipinski definition) is 3. The first-order chi connectivity index (χ1) is 17.4. The molecule has 1 amide bonds. The van der Waals surface area contributed by atoms with E-state index in [4.69, 9.17) is 11.2 Å². The molecule has 1 unspecified atom stereocenters. The number of aromatic nitrogens is 1. The van der Waals surface area contributed by atoms with E-state index in [1.54, 1.807) is 6.07 Å². The van der Waals surface area contributed by atoms with Gasteiger partial charge in [0.15, 0.2) is 0 Å². The topological polar surface area (TPSA) is 83.5 Å². The molecule has 1 spiro atoms. The molecule has 0 bridgehead atoms. The average Bonchev–Trinajstić information content (AvgIpc) is 2.79. The van der Waals surface area contributed by atoms with Crippen LogP contribution in [0.3, 0.4) is 0 Å². The second-order valence-corrected chi connectivity index (χ2v) is 11.8. The minimum Gasteiger partial charge on any atom is -0.471 e. The molecule has 3 atom stereocenters. The van der Waals surface area contributed by atoms with Gasteiger partial charge in [0.25, 0.3) is 0 Å². The van der Waals surface area contributed by atoms with Crippen molar-refractivity contribution in [2.75, 3.05) is 6.54 Å². The molecular weight excluding hydrogens is 469 g/mol. The molecule has 37 heavy (non-hydrogen) atoms. The number of aliphatic hydroxyl groups excluding tert-OH is 1. The standard InChI is InChI=1S/C30H38FN3O3/c1-6-20-10-21(12-23(31)11-20)14-25(34-19(2)35)27(36)18-32-26-16-30(8-7-9-30)37-28-24(26)13-22(17-33-28)15-29(3,4)5/h1,10-13,17,25-27,32,36H,7-9,14-16,18H2,2-5H3,(H,34,35)/t25?,26-,27+/m0/s1. The normalized spacial score (nSPS) is 19.6. The molecule has 1 aromatic carbocycles. The van der Waals surface area contributed by atoms with E-state index < -0.39 is 18.0 Å². The number of ether oxygens (including phenoxy) is 1. The number of aliphatic hydroxyl groups is 1. The number of rotatable bonds is 8. The van der Waals surface area contributed by atoms with Gasteiger partial charge in [-0.3, -0.25) is 4.79 Å². The van der Waals surface area contributed by atoms with Gasteiger partial charge in [0, 0.05) is 43.3 Å². The number of nitrogens with one attached hydrogen (secondary N) is 2. The highest BCUT2D eigenvalue weighted by Crippen LogP contribution is 2.48. The Kier molecular flexibility index (Phi) is 7.91. The molecule has 0 saturated heterocycles. The van der Waals surface area contributed by atoms with Crippen molar-refractivity contribution in [3.05, 3.63) is 58.5 Å². The van der Waals surface area contributed by atoms with Crippen molar-refractivity contribution in [1.29, 1.82) is 0 Å². The van der Waals surface area contributed by atoms with Crippen LogP contribution in [0.2, 0.25) is 0 Å². The van der Waals surface area contributed by atoms with Gasteiger partial charge in [-0.15, -0.1) is 6.42 Å². The Balaban J connectivity index is 1.52. The van der Waals surface area contributed by atoms with Crippen LogP contribution in [0.25, 0.3) is 0 Å². The zero-order chi connectivity index (χ0) is 26.8. The maximum absolute atomic E-state index is 14.0. The van der Waals surface area contributed by atoms with Gasteiger partial charge in [0.05, 0.1) is 12.1 Å². The first-order valence-corrected chi connectivity index (χ1v) is 13.1. The van der Waals surface area contributed by atoms with E-state index in [-0.39, 0.29) is 35.9 Å². The van der Waals surface area contributed by atoms with E-state index in [1.807, 2.05) is 6.20 Å². The third-order valence-corrected chi connectivity index (χ3v) is 7.21. The fourth-order valence-electron chi connectivity index (χ4n) is 5.40. The van der Waals surface area contributed by atoms with E-state index >= 15 is 0 Å². The highest BCUT2D eigenvalue weighted by atomic mass is 19.1. The van der Waals surface area contributed by atoms with Crippen molar-refractivity contribution >= 4 is 5.91 Å². The van der Waals surface area contributed by atoms with Crippen molar-refractivity contribution < 1.29 is 19.0 Å². The van der Waals surface area contributed by atoms with Crippen LogP contribution in [-0.2, 0) is 17.6 Å². The summed E-state index contributed by atoms with van der Waals surface area (Å²) < 4.78 is 20.4. The van der Waals surface area contributed by atoms with E-state index in [0.717, 1.165) is 43.2 Å². The number of benzene rings is 1. The van der Waals surface area contributed by atoms with Gasteiger partial charge in [-0.1, -0.05) is 26.7 Å². The molecule has 1 saturated carbocycles. The van der Waals surface area contributed by atoms with Crippen molar-refractivity contribution in [2.45, 2.75) is 90.0 Å². The van der Waals surface area contributed by atoms with E-state index in [9.17, 15) is 14.3 Å². The minimum absolute atomic E-state index is 0.0358. The summed E-state index contributed by atoms with van der Waals surface area (Å²) in [6, 6.07) is 5.90. The first-order valence-electron chi connectivity index (χ1n) is 13.1. The van der Waals surface area contributed by atoms with Gasteiger partial charge in [-0.2, -0.15) is 0 Å². The highest BCUT2D eigenvalue weighted by Gasteiger charge is 2.46. The molecule has 2 aromatic rings. The molecule has 1 fully saturated rings. The average molecular weight is 508 g/mol. The summed E-state index contributed by atoms with van der Waals surface area (Å²) in [5, 5.41) is 17.5. The lowest BCUT2D eigenvalue weighted by atomic mass is 9.73. The number of carbonyl (C=O) groups is 1. The molecule has 1 aromatic heterocycles. The maximum Gasteiger partial charge on any atom is 0.218 e. The third-order valence-electron chi connectivity index (χ3n) is 7.21. The quantitative estimate of drug-likeness (QED) is 0.466. The van der Waals surface area contributed by atoms with E-state index in [1.165, 1.54) is 19.1 Å². The second-order valence-electron chi connectivity index (χ2n) is 11.8. The minimum atomic E-state index is -0.907. The molecule has 1 aliphatic carbocycles. The van der Waals surface area contributed by atoms with Crippen LogP contribution < -0.4 is 15.4 Å². The molecule has 7 heteroatoms. The molecule has 2 aliphatic rings. The number of carbonyl (C=O) groups excluding carboxylic acids is 1. The first kappa shape index (κ1) is 27.1. The molecule has 1 aliphatic heterocycles. The van der Waals surface area contributed by atoms with E-state index in [0.29, 0.717) is 17.0 Å². The van der Waals surface area contributed by atoms with Crippen LogP contribution >= 0.6 is 0 Å². The molecular formula is C30H38FN3O3. The fourth-order valence-corrected chi connectivity index (χ4v) is 5.40. The molecule has 6 nitrogen and oxygen atoms in total. The monoisotopic (exact) mass is 507 g/mol. The van der Waals surface area contributed by atoms with Crippen LogP contribution in [0.1, 0.15) is 81.7 Å². The number of hydrogen-bond acceptors (Lipinski definition) is 5. The highest BCUT2D eigenvalue weighted by molar-refractivity contribution is 5.73. The van der Waals surface area contributed by atoms with Crippen molar-refractivity contribution in [2.24, 2.45) is 5.41 Å². The number of nitrogens with zero attached hydrogens (tertiary/aromatic N) is 1.